The molecule has 0 spiro atoms. The number of nitrogens with one attached hydrogen (secondary N) is 1. The Kier molecular flexibility index (Phi) is 4.34. The normalized spacial score (nSPS) is 15.9. The highest BCUT2D eigenvalue weighted by atomic mass is 16.6. The summed E-state index contributed by atoms with van der Waals surface area (Å²) in [5.74, 6) is 1.57. The first kappa shape index (κ1) is 12.3. The summed E-state index contributed by atoms with van der Waals surface area (Å²) in [6.07, 6.45) is 3.84. The number of ether oxygens (including phenoxy) is 2. The van der Waals surface area contributed by atoms with Crippen LogP contribution in [0.5, 0.6) is 5.75 Å². The summed E-state index contributed by atoms with van der Waals surface area (Å²) >= 11 is 0. The predicted molar refractivity (Wildman–Crippen MR) is 66.0 cm³/mol. The average Bonchev–Trinajstić information content (AvgIpc) is 2.25. The second kappa shape index (κ2) is 5.98. The van der Waals surface area contributed by atoms with Crippen LogP contribution in [0, 0.1) is 5.92 Å². The van der Waals surface area contributed by atoms with Crippen LogP contribution in [0.4, 0.5) is 0 Å². The van der Waals surface area contributed by atoms with Crippen molar-refractivity contribution in [3.63, 3.8) is 0 Å². The Balaban J connectivity index is 1.90. The zero-order chi connectivity index (χ0) is 12.1. The molecule has 4 heteroatoms. The monoisotopic (exact) mass is 236 g/mol. The van der Waals surface area contributed by atoms with Gasteiger partial charge < -0.3 is 14.8 Å². The summed E-state index contributed by atoms with van der Waals surface area (Å²) in [6.45, 7) is 7.58. The Labute approximate surface area is 102 Å². The summed E-state index contributed by atoms with van der Waals surface area (Å²) < 4.78 is 10.9. The highest BCUT2D eigenvalue weighted by Crippen LogP contribution is 2.20. The predicted octanol–water partition coefficient (Wildman–Crippen LogP) is 1.60. The molecule has 0 aromatic carbocycles. The van der Waals surface area contributed by atoms with Crippen LogP contribution in [-0.4, -0.2) is 30.8 Å². The van der Waals surface area contributed by atoms with Crippen molar-refractivity contribution in [2.24, 2.45) is 5.92 Å². The average molecular weight is 236 g/mol. The molecular formula is C13H20N2O2. The first-order valence-electron chi connectivity index (χ1n) is 6.13. The minimum Gasteiger partial charge on any atom is -0.485 e. The van der Waals surface area contributed by atoms with E-state index < -0.39 is 0 Å². The van der Waals surface area contributed by atoms with Gasteiger partial charge in [-0.25, -0.2) is 0 Å². The molecule has 0 bridgehead atoms. The van der Waals surface area contributed by atoms with Gasteiger partial charge in [0, 0.05) is 24.5 Å². The molecule has 1 N–H and O–H groups in total. The molecule has 0 atom stereocenters. The number of hydrogen-bond donors (Lipinski definition) is 1. The Bertz CT molecular complexity index is 351. The maximum atomic E-state index is 5.83. The fourth-order valence-electron chi connectivity index (χ4n) is 1.62. The first-order valence-corrected chi connectivity index (χ1v) is 6.13. The Hall–Kier alpha value is -1.13. The van der Waals surface area contributed by atoms with Gasteiger partial charge in [0.25, 0.3) is 0 Å². The topological polar surface area (TPSA) is 43.4 Å². The highest BCUT2D eigenvalue weighted by Gasteiger charge is 2.21. The van der Waals surface area contributed by atoms with Crippen molar-refractivity contribution < 1.29 is 9.47 Å². The van der Waals surface area contributed by atoms with Gasteiger partial charge in [-0.05, 0) is 18.5 Å². The van der Waals surface area contributed by atoms with Gasteiger partial charge in [0.1, 0.15) is 11.9 Å². The molecule has 0 radical (unpaired) electrons. The van der Waals surface area contributed by atoms with E-state index in [0.717, 1.165) is 24.4 Å². The minimum absolute atomic E-state index is 0.209. The molecule has 0 amide bonds. The summed E-state index contributed by atoms with van der Waals surface area (Å²) in [5, 5.41) is 3.40. The SMILES string of the molecule is CC(C)CNCc1cnccc1OC1COC1. The van der Waals surface area contributed by atoms with Crippen LogP contribution in [0.3, 0.4) is 0 Å². The van der Waals surface area contributed by atoms with Gasteiger partial charge in [-0.15, -0.1) is 0 Å². The lowest BCUT2D eigenvalue weighted by molar-refractivity contribution is -0.0800. The zero-order valence-corrected chi connectivity index (χ0v) is 10.5. The van der Waals surface area contributed by atoms with Crippen molar-refractivity contribution in [3.8, 4) is 5.75 Å². The quantitative estimate of drug-likeness (QED) is 0.815. The Morgan fingerprint density at radius 2 is 2.35 bits per heavy atom. The number of hydrogen-bond acceptors (Lipinski definition) is 4. The summed E-state index contributed by atoms with van der Waals surface area (Å²) in [5.41, 5.74) is 1.11. The van der Waals surface area contributed by atoms with E-state index in [4.69, 9.17) is 9.47 Å². The largest absolute Gasteiger partial charge is 0.485 e. The van der Waals surface area contributed by atoms with Crippen molar-refractivity contribution in [2.75, 3.05) is 19.8 Å². The molecule has 0 saturated carbocycles. The molecule has 1 saturated heterocycles. The van der Waals surface area contributed by atoms with Gasteiger partial charge in [0.05, 0.1) is 13.2 Å². The number of nitrogens with zero attached hydrogens (tertiary/aromatic N) is 1. The maximum Gasteiger partial charge on any atom is 0.145 e. The molecule has 2 rings (SSSR count). The molecule has 1 aromatic heterocycles. The Morgan fingerprint density at radius 1 is 1.53 bits per heavy atom. The summed E-state index contributed by atoms with van der Waals surface area (Å²) in [4.78, 5) is 4.14. The highest BCUT2D eigenvalue weighted by molar-refractivity contribution is 5.30. The smallest absolute Gasteiger partial charge is 0.145 e. The molecular weight excluding hydrogens is 216 g/mol. The van der Waals surface area contributed by atoms with Crippen LogP contribution in [0.25, 0.3) is 0 Å². The summed E-state index contributed by atoms with van der Waals surface area (Å²) in [7, 11) is 0. The molecule has 4 nitrogen and oxygen atoms in total. The van der Waals surface area contributed by atoms with E-state index in [1.54, 1.807) is 6.20 Å². The lowest BCUT2D eigenvalue weighted by Gasteiger charge is -2.27. The van der Waals surface area contributed by atoms with Crippen molar-refractivity contribution in [2.45, 2.75) is 26.5 Å². The van der Waals surface area contributed by atoms with Crippen LogP contribution < -0.4 is 10.1 Å². The molecule has 1 aliphatic heterocycles. The third-order valence-corrected chi connectivity index (χ3v) is 2.63. The van der Waals surface area contributed by atoms with Crippen LogP contribution in [-0.2, 0) is 11.3 Å². The fraction of sp³-hybridized carbons (Fsp3) is 0.615. The van der Waals surface area contributed by atoms with E-state index in [-0.39, 0.29) is 6.10 Å². The summed E-state index contributed by atoms with van der Waals surface area (Å²) in [6, 6.07) is 1.92. The van der Waals surface area contributed by atoms with Crippen LogP contribution in [0.1, 0.15) is 19.4 Å². The van der Waals surface area contributed by atoms with E-state index in [0.29, 0.717) is 19.1 Å². The fourth-order valence-corrected chi connectivity index (χ4v) is 1.62. The molecule has 0 unspecified atom stereocenters. The van der Waals surface area contributed by atoms with Gasteiger partial charge in [-0.2, -0.15) is 0 Å². The lowest BCUT2D eigenvalue weighted by Crippen LogP contribution is -2.38. The van der Waals surface area contributed by atoms with Gasteiger partial charge >= 0.3 is 0 Å². The van der Waals surface area contributed by atoms with Gasteiger partial charge in [-0.1, -0.05) is 13.8 Å². The van der Waals surface area contributed by atoms with Crippen molar-refractivity contribution in [1.82, 2.24) is 10.3 Å². The van der Waals surface area contributed by atoms with Gasteiger partial charge in [-0.3, -0.25) is 4.98 Å². The van der Waals surface area contributed by atoms with Gasteiger partial charge in [0.15, 0.2) is 0 Å². The van der Waals surface area contributed by atoms with Crippen LogP contribution in [0.2, 0.25) is 0 Å². The number of rotatable bonds is 6. The van der Waals surface area contributed by atoms with Crippen molar-refractivity contribution in [1.29, 1.82) is 0 Å². The van der Waals surface area contributed by atoms with E-state index in [1.165, 1.54) is 0 Å². The van der Waals surface area contributed by atoms with E-state index in [9.17, 15) is 0 Å². The van der Waals surface area contributed by atoms with Crippen LogP contribution >= 0.6 is 0 Å². The molecule has 0 aliphatic carbocycles. The molecule has 94 valence electrons. The third-order valence-electron chi connectivity index (χ3n) is 2.63. The molecule has 1 aliphatic rings. The Morgan fingerprint density at radius 3 is 3.00 bits per heavy atom. The number of pyridine rings is 1. The molecule has 2 heterocycles. The first-order chi connectivity index (χ1) is 8.25. The molecule has 1 aromatic rings. The second-order valence-electron chi connectivity index (χ2n) is 4.79. The molecule has 17 heavy (non-hydrogen) atoms. The van der Waals surface area contributed by atoms with E-state index >= 15 is 0 Å². The van der Waals surface area contributed by atoms with Crippen molar-refractivity contribution >= 4 is 0 Å². The standard InChI is InChI=1S/C13H20N2O2/c1-10(2)5-15-7-11-6-14-4-3-13(11)17-12-8-16-9-12/h3-4,6,10,12,15H,5,7-9H2,1-2H3. The minimum atomic E-state index is 0.209. The third kappa shape index (κ3) is 3.68. The molecule has 1 fully saturated rings. The lowest BCUT2D eigenvalue weighted by atomic mass is 10.2. The van der Waals surface area contributed by atoms with E-state index in [2.05, 4.69) is 24.1 Å². The maximum absolute atomic E-state index is 5.83. The zero-order valence-electron chi connectivity index (χ0n) is 10.5. The number of aromatic nitrogens is 1. The van der Waals surface area contributed by atoms with Crippen LogP contribution in [0.15, 0.2) is 18.5 Å². The van der Waals surface area contributed by atoms with Crippen molar-refractivity contribution in [3.05, 3.63) is 24.0 Å². The van der Waals surface area contributed by atoms with E-state index in [1.807, 2.05) is 12.3 Å². The second-order valence-corrected chi connectivity index (χ2v) is 4.79. The van der Waals surface area contributed by atoms with Gasteiger partial charge in [0.2, 0.25) is 0 Å².